The maximum atomic E-state index is 13.1. The topological polar surface area (TPSA) is 237 Å². The molecule has 556 valence electrons. The van der Waals surface area contributed by atoms with Crippen molar-refractivity contribution in [1.82, 2.24) is 0 Å². The van der Waals surface area contributed by atoms with Gasteiger partial charge in [0.15, 0.2) is 12.2 Å². The van der Waals surface area contributed by atoms with Gasteiger partial charge in [0.2, 0.25) is 0 Å². The van der Waals surface area contributed by atoms with Crippen molar-refractivity contribution < 1.29 is 80.2 Å². The molecular formula is C79H128O17P2. The second-order valence-corrected chi connectivity index (χ2v) is 26.6. The van der Waals surface area contributed by atoms with Gasteiger partial charge in [-0.15, -0.1) is 0 Å². The normalized spacial score (nSPS) is 14.9. The van der Waals surface area contributed by atoms with Gasteiger partial charge in [-0.2, -0.15) is 0 Å². The second-order valence-electron chi connectivity index (χ2n) is 23.7. The van der Waals surface area contributed by atoms with Gasteiger partial charge in [0, 0.05) is 25.7 Å². The number of unbranched alkanes of at least 4 members (excludes halogenated alkanes) is 15. The molecule has 0 amide bonds. The van der Waals surface area contributed by atoms with E-state index in [4.69, 9.17) is 37.0 Å². The van der Waals surface area contributed by atoms with Crippen LogP contribution in [0.1, 0.15) is 259 Å². The number of rotatable bonds is 67. The Hall–Kier alpha value is -5.32. The first-order chi connectivity index (χ1) is 47.7. The molecule has 0 rings (SSSR count). The average Bonchev–Trinajstić information content (AvgIpc) is 0.986. The third-order valence-electron chi connectivity index (χ3n) is 14.5. The zero-order chi connectivity index (χ0) is 71.8. The summed E-state index contributed by atoms with van der Waals surface area (Å²) < 4.78 is 68.2. The summed E-state index contributed by atoms with van der Waals surface area (Å²) in [6.45, 7) is 4.31. The largest absolute Gasteiger partial charge is 0.472 e. The molecule has 0 radical (unpaired) electrons. The van der Waals surface area contributed by atoms with Crippen molar-refractivity contribution in [2.45, 2.75) is 277 Å². The Balaban J connectivity index is 5.45. The maximum Gasteiger partial charge on any atom is 0.472 e. The fourth-order valence-corrected chi connectivity index (χ4v) is 10.5. The Kier molecular flexibility index (Phi) is 66.3. The van der Waals surface area contributed by atoms with Crippen LogP contribution in [0.5, 0.6) is 0 Å². The smallest absolute Gasteiger partial charge is 0.462 e. The van der Waals surface area contributed by atoms with E-state index >= 15 is 0 Å². The van der Waals surface area contributed by atoms with Crippen LogP contribution in [0, 0.1) is 0 Å². The first-order valence-corrected chi connectivity index (χ1v) is 39.7. The highest BCUT2D eigenvalue weighted by atomic mass is 31.2. The van der Waals surface area contributed by atoms with Crippen LogP contribution in [-0.4, -0.2) is 96.7 Å². The minimum Gasteiger partial charge on any atom is -0.462 e. The van der Waals surface area contributed by atoms with E-state index in [0.29, 0.717) is 32.1 Å². The van der Waals surface area contributed by atoms with Crippen molar-refractivity contribution in [2.24, 2.45) is 0 Å². The van der Waals surface area contributed by atoms with E-state index in [9.17, 15) is 43.2 Å². The molecule has 17 nitrogen and oxygen atoms in total. The van der Waals surface area contributed by atoms with E-state index in [0.717, 1.165) is 161 Å². The van der Waals surface area contributed by atoms with Crippen LogP contribution >= 0.6 is 15.6 Å². The molecule has 5 atom stereocenters. The molecule has 0 bridgehead atoms. The Morgan fingerprint density at radius 1 is 0.296 bits per heavy atom. The Morgan fingerprint density at radius 2 is 0.541 bits per heavy atom. The lowest BCUT2D eigenvalue weighted by Crippen LogP contribution is -2.30. The number of aliphatic hydroxyl groups is 1. The molecule has 0 aliphatic carbocycles. The summed E-state index contributed by atoms with van der Waals surface area (Å²) >= 11 is 0. The molecule has 0 aromatic carbocycles. The van der Waals surface area contributed by atoms with E-state index in [-0.39, 0.29) is 25.7 Å². The van der Waals surface area contributed by atoms with Crippen LogP contribution in [0.15, 0.2) is 158 Å². The number of hydrogen-bond donors (Lipinski definition) is 3. The van der Waals surface area contributed by atoms with Gasteiger partial charge in [-0.25, -0.2) is 9.13 Å². The molecule has 0 fully saturated rings. The van der Waals surface area contributed by atoms with Gasteiger partial charge in [-0.05, 0) is 154 Å². The van der Waals surface area contributed by atoms with Gasteiger partial charge in [0.1, 0.15) is 19.3 Å². The minimum absolute atomic E-state index is 0.0567. The fourth-order valence-electron chi connectivity index (χ4n) is 8.95. The summed E-state index contributed by atoms with van der Waals surface area (Å²) in [4.78, 5) is 72.7. The average molecular weight is 1410 g/mol. The molecule has 0 aromatic heterocycles. The van der Waals surface area contributed by atoms with Crippen LogP contribution < -0.4 is 0 Å². The lowest BCUT2D eigenvalue weighted by atomic mass is 10.1. The van der Waals surface area contributed by atoms with Crippen LogP contribution in [-0.2, 0) is 65.4 Å². The number of ether oxygens (including phenoxy) is 4. The SMILES string of the molecule is CC/C=C\C/C=C\C/C=C\C/C=C\C/C=C\CCCC(=O)OCC(COP(=O)(O)OCC(O)COP(=O)(O)OCC(COC(=O)CCCC/C=C\C/C=C\C/C=C\C/C=C\CC)OC(=O)CCCCCCC/C=C\CCCC)OC(=O)CCCCCCC/C=C\C/C=C\C/C=C\CC. The summed E-state index contributed by atoms with van der Waals surface area (Å²) in [6.07, 6.45) is 79.8. The third kappa shape index (κ3) is 69.2. The van der Waals surface area contributed by atoms with Crippen LogP contribution in [0.4, 0.5) is 0 Å². The van der Waals surface area contributed by atoms with E-state index in [2.05, 4.69) is 174 Å². The van der Waals surface area contributed by atoms with Gasteiger partial charge in [0.25, 0.3) is 0 Å². The highest BCUT2D eigenvalue weighted by Crippen LogP contribution is 2.45. The van der Waals surface area contributed by atoms with Gasteiger partial charge >= 0.3 is 39.5 Å². The molecule has 3 N–H and O–H groups in total. The Morgan fingerprint density at radius 3 is 0.888 bits per heavy atom. The standard InChI is InChI=1S/C79H128O17P2/c1-5-9-13-17-21-25-29-32-35-36-39-41-45-48-52-56-60-64-77(82)90-70-75(96-79(84)66-62-58-54-50-46-42-38-34-31-27-23-19-15-11-7-3)72-94-98(87,88)92-68-73(80)67-91-97(85,86)93-71-74(95-78(83)65-61-57-53-49-43-28-24-20-16-12-8-4)69-89-76(81)63-59-55-51-47-44-40-37-33-30-26-22-18-14-10-6-2/h9-11,13-15,20-27,32-35,37-39,41,44,47-48,52,73-75,80H,5-8,12,16-19,28-31,36,40,42-43,45-46,49-51,53-72H2,1-4H3,(H,85,86)(H,87,88)/b13-9-,14-10-,15-11-,24-20-,25-21-,26-22-,27-23-,35-32-,37-33-,38-34-,41-39-,47-44-,52-48-. The lowest BCUT2D eigenvalue weighted by Gasteiger charge is -2.21. The summed E-state index contributed by atoms with van der Waals surface area (Å²) in [6, 6.07) is 0. The zero-order valence-electron chi connectivity index (χ0n) is 60.4. The van der Waals surface area contributed by atoms with Crippen molar-refractivity contribution in [2.75, 3.05) is 39.6 Å². The van der Waals surface area contributed by atoms with Crippen LogP contribution in [0.3, 0.4) is 0 Å². The van der Waals surface area contributed by atoms with Crippen molar-refractivity contribution >= 4 is 39.5 Å². The number of allylic oxidation sites excluding steroid dienone is 26. The number of aliphatic hydroxyl groups excluding tert-OH is 1. The molecule has 5 unspecified atom stereocenters. The Bertz CT molecular complexity index is 2480. The van der Waals surface area contributed by atoms with E-state index in [1.165, 1.54) is 12.8 Å². The molecule has 0 spiro atoms. The fraction of sp³-hybridized carbons (Fsp3) is 0.620. The lowest BCUT2D eigenvalue weighted by molar-refractivity contribution is -0.161. The first-order valence-electron chi connectivity index (χ1n) is 36.7. The second kappa shape index (κ2) is 70.1. The molecule has 0 saturated carbocycles. The molecule has 0 aliphatic heterocycles. The van der Waals surface area contributed by atoms with Crippen molar-refractivity contribution in [3.05, 3.63) is 158 Å². The number of phosphoric ester groups is 2. The van der Waals surface area contributed by atoms with E-state index in [1.807, 2.05) is 12.2 Å². The van der Waals surface area contributed by atoms with Crippen LogP contribution in [0.25, 0.3) is 0 Å². The number of hydrogen-bond acceptors (Lipinski definition) is 15. The monoisotopic (exact) mass is 1410 g/mol. The van der Waals surface area contributed by atoms with Gasteiger partial charge in [-0.3, -0.25) is 37.3 Å². The highest BCUT2D eigenvalue weighted by molar-refractivity contribution is 7.47. The Labute approximate surface area is 591 Å². The van der Waals surface area contributed by atoms with Crippen molar-refractivity contribution in [3.8, 4) is 0 Å². The predicted octanol–water partition coefficient (Wildman–Crippen LogP) is 20.9. The summed E-state index contributed by atoms with van der Waals surface area (Å²) in [5.41, 5.74) is 0. The number of carbonyl (C=O) groups is 4. The quantitative estimate of drug-likeness (QED) is 0.0169. The van der Waals surface area contributed by atoms with E-state index < -0.39 is 97.5 Å². The molecule has 0 saturated heterocycles. The van der Waals surface area contributed by atoms with E-state index in [1.54, 1.807) is 0 Å². The highest BCUT2D eigenvalue weighted by Gasteiger charge is 2.30. The number of carbonyl (C=O) groups excluding carboxylic acids is 4. The summed E-state index contributed by atoms with van der Waals surface area (Å²) in [7, 11) is -9.99. The molecule has 0 aromatic rings. The summed E-state index contributed by atoms with van der Waals surface area (Å²) in [5, 5.41) is 10.6. The minimum atomic E-state index is -5.00. The zero-order valence-corrected chi connectivity index (χ0v) is 62.2. The van der Waals surface area contributed by atoms with Gasteiger partial charge in [0.05, 0.1) is 26.4 Å². The third-order valence-corrected chi connectivity index (χ3v) is 16.4. The van der Waals surface area contributed by atoms with Gasteiger partial charge in [-0.1, -0.05) is 237 Å². The maximum absolute atomic E-state index is 13.1. The molecular weight excluding hydrogens is 1280 g/mol. The molecule has 0 heterocycles. The number of phosphoric acid groups is 2. The van der Waals surface area contributed by atoms with Crippen LogP contribution in [0.2, 0.25) is 0 Å². The molecule has 19 heteroatoms. The molecule has 0 aliphatic rings. The van der Waals surface area contributed by atoms with Crippen molar-refractivity contribution in [1.29, 1.82) is 0 Å². The first kappa shape index (κ1) is 92.7. The summed E-state index contributed by atoms with van der Waals surface area (Å²) in [5.74, 6) is -2.34. The number of esters is 4. The van der Waals surface area contributed by atoms with Crippen molar-refractivity contribution in [3.63, 3.8) is 0 Å². The molecule has 98 heavy (non-hydrogen) atoms. The van der Waals surface area contributed by atoms with Gasteiger partial charge < -0.3 is 33.8 Å². The predicted molar refractivity (Wildman–Crippen MR) is 399 cm³/mol.